The van der Waals surface area contributed by atoms with Gasteiger partial charge in [-0.15, -0.1) is 0 Å². The number of nitrogens with zero attached hydrogens (tertiary/aromatic N) is 5. The topological polar surface area (TPSA) is 91.0 Å². The van der Waals surface area contributed by atoms with Crippen LogP contribution in [0.3, 0.4) is 0 Å². The number of halogens is 1. The Bertz CT molecular complexity index is 1530. The lowest BCUT2D eigenvalue weighted by molar-refractivity contribution is -0.153. The Kier molecular flexibility index (Phi) is 7.12. The SMILES string of the molecule is COc1cc(-n2cnn3cc(-c4ccc(Cl)cn4)cc3c2=O)ccc1N1CC[C@@H](OC(=O)[C@@H](C)C(C)C)C1. The van der Waals surface area contributed by atoms with Gasteiger partial charge in [-0.2, -0.15) is 5.10 Å². The molecular weight excluding hydrogens is 506 g/mol. The number of rotatable bonds is 7. The fourth-order valence-electron chi connectivity index (χ4n) is 4.53. The second-order valence-electron chi connectivity index (χ2n) is 9.91. The predicted octanol–water partition coefficient (Wildman–Crippen LogP) is 4.62. The first kappa shape index (κ1) is 25.8. The highest BCUT2D eigenvalue weighted by atomic mass is 35.5. The zero-order valence-corrected chi connectivity index (χ0v) is 22.6. The number of carbonyl (C=O) groups is 1. The summed E-state index contributed by atoms with van der Waals surface area (Å²) in [7, 11) is 1.60. The summed E-state index contributed by atoms with van der Waals surface area (Å²) in [6.07, 6.45) is 5.41. The molecule has 2 atom stereocenters. The van der Waals surface area contributed by atoms with Crippen LogP contribution >= 0.6 is 11.6 Å². The number of carbonyl (C=O) groups excluding carboxylic acids is 1. The van der Waals surface area contributed by atoms with Crippen LogP contribution in [0, 0.1) is 11.8 Å². The molecule has 1 aliphatic rings. The van der Waals surface area contributed by atoms with Crippen LogP contribution in [0.4, 0.5) is 5.69 Å². The number of ether oxygens (including phenoxy) is 2. The van der Waals surface area contributed by atoms with E-state index >= 15 is 0 Å². The maximum absolute atomic E-state index is 13.4. The van der Waals surface area contributed by atoms with Crippen molar-refractivity contribution in [2.75, 3.05) is 25.1 Å². The number of benzene rings is 1. The molecule has 5 rings (SSSR count). The molecule has 198 valence electrons. The normalized spacial score (nSPS) is 16.3. The van der Waals surface area contributed by atoms with Crippen molar-refractivity contribution in [2.45, 2.75) is 33.3 Å². The quantitative estimate of drug-likeness (QED) is 0.319. The molecule has 0 spiro atoms. The molecule has 1 saturated heterocycles. The van der Waals surface area contributed by atoms with Crippen LogP contribution in [0.1, 0.15) is 27.2 Å². The lowest BCUT2D eigenvalue weighted by atomic mass is 9.98. The molecule has 0 N–H and O–H groups in total. The van der Waals surface area contributed by atoms with Crippen molar-refractivity contribution in [2.24, 2.45) is 11.8 Å². The summed E-state index contributed by atoms with van der Waals surface area (Å²) < 4.78 is 14.5. The standard InChI is InChI=1S/C28H30ClN5O4/c1-17(2)18(3)28(36)38-22-9-10-32(15-22)24-8-6-21(12-26(24)37-4)33-16-31-34-14-19(11-25(34)27(33)35)23-7-5-20(29)13-30-23/h5-8,11-14,16-18,22H,9-10,15H2,1-4H3/t18-,22+/m0/s1. The monoisotopic (exact) mass is 535 g/mol. The van der Waals surface area contributed by atoms with Crippen LogP contribution in [-0.2, 0) is 9.53 Å². The smallest absolute Gasteiger partial charge is 0.309 e. The highest BCUT2D eigenvalue weighted by Gasteiger charge is 2.30. The fourth-order valence-corrected chi connectivity index (χ4v) is 4.64. The highest BCUT2D eigenvalue weighted by Crippen LogP contribution is 2.33. The predicted molar refractivity (Wildman–Crippen MR) is 146 cm³/mol. The number of hydrogen-bond acceptors (Lipinski definition) is 7. The molecule has 0 aliphatic carbocycles. The molecule has 0 unspecified atom stereocenters. The van der Waals surface area contributed by atoms with Gasteiger partial charge < -0.3 is 14.4 Å². The van der Waals surface area contributed by atoms with Gasteiger partial charge in [0.05, 0.1) is 41.7 Å². The van der Waals surface area contributed by atoms with Crippen molar-refractivity contribution in [3.8, 4) is 22.7 Å². The molecule has 0 saturated carbocycles. The molecule has 3 aromatic heterocycles. The van der Waals surface area contributed by atoms with E-state index in [1.807, 2.05) is 39.0 Å². The third-order valence-corrected chi connectivity index (χ3v) is 7.36. The lowest BCUT2D eigenvalue weighted by Gasteiger charge is -2.23. The van der Waals surface area contributed by atoms with E-state index in [1.54, 1.807) is 42.2 Å². The van der Waals surface area contributed by atoms with Gasteiger partial charge in [-0.05, 0) is 36.2 Å². The Balaban J connectivity index is 1.39. The van der Waals surface area contributed by atoms with E-state index in [9.17, 15) is 9.59 Å². The van der Waals surface area contributed by atoms with E-state index in [1.165, 1.54) is 10.9 Å². The van der Waals surface area contributed by atoms with Crippen LogP contribution in [0.2, 0.25) is 5.02 Å². The van der Waals surface area contributed by atoms with Crippen LogP contribution in [0.25, 0.3) is 22.5 Å². The van der Waals surface area contributed by atoms with Gasteiger partial charge in [0, 0.05) is 37.0 Å². The van der Waals surface area contributed by atoms with E-state index in [0.717, 1.165) is 24.2 Å². The molecule has 0 bridgehead atoms. The lowest BCUT2D eigenvalue weighted by Crippen LogP contribution is -2.28. The van der Waals surface area contributed by atoms with Gasteiger partial charge in [-0.1, -0.05) is 32.4 Å². The Labute approximate surface area is 225 Å². The van der Waals surface area contributed by atoms with E-state index < -0.39 is 0 Å². The first-order valence-electron chi connectivity index (χ1n) is 12.6. The van der Waals surface area contributed by atoms with Gasteiger partial charge in [0.15, 0.2) is 0 Å². The third-order valence-electron chi connectivity index (χ3n) is 7.13. The molecule has 1 aromatic carbocycles. The molecule has 1 fully saturated rings. The molecule has 38 heavy (non-hydrogen) atoms. The van der Waals surface area contributed by atoms with Crippen molar-refractivity contribution < 1.29 is 14.3 Å². The van der Waals surface area contributed by atoms with Gasteiger partial charge in [-0.3, -0.25) is 19.1 Å². The van der Waals surface area contributed by atoms with Crippen LogP contribution in [0.15, 0.2) is 59.9 Å². The molecule has 10 heteroatoms. The first-order valence-corrected chi connectivity index (χ1v) is 13.0. The Hall–Kier alpha value is -3.85. The molecule has 0 radical (unpaired) electrons. The highest BCUT2D eigenvalue weighted by molar-refractivity contribution is 6.30. The van der Waals surface area contributed by atoms with Crippen LogP contribution in [0.5, 0.6) is 5.75 Å². The summed E-state index contributed by atoms with van der Waals surface area (Å²) in [6.45, 7) is 7.27. The Morgan fingerprint density at radius 1 is 1.16 bits per heavy atom. The minimum Gasteiger partial charge on any atom is -0.495 e. The zero-order chi connectivity index (χ0) is 27.0. The van der Waals surface area contributed by atoms with E-state index in [2.05, 4.69) is 15.0 Å². The fraction of sp³-hybridized carbons (Fsp3) is 0.357. The molecule has 1 aliphatic heterocycles. The van der Waals surface area contributed by atoms with Gasteiger partial charge in [0.1, 0.15) is 23.7 Å². The largest absolute Gasteiger partial charge is 0.495 e. The summed E-state index contributed by atoms with van der Waals surface area (Å²) in [4.78, 5) is 32.3. The van der Waals surface area contributed by atoms with Gasteiger partial charge in [-0.25, -0.2) is 4.52 Å². The number of methoxy groups -OCH3 is 1. The summed E-state index contributed by atoms with van der Waals surface area (Å²) in [5, 5.41) is 4.97. The van der Waals surface area contributed by atoms with Gasteiger partial charge in [0.25, 0.3) is 5.56 Å². The van der Waals surface area contributed by atoms with Crippen molar-refractivity contribution in [3.05, 3.63) is 70.5 Å². The molecule has 4 heterocycles. The number of pyridine rings is 1. The van der Waals surface area contributed by atoms with Crippen molar-refractivity contribution in [3.63, 3.8) is 0 Å². The number of hydrogen-bond donors (Lipinski definition) is 0. The third kappa shape index (κ3) is 4.98. The Morgan fingerprint density at radius 2 is 1.97 bits per heavy atom. The summed E-state index contributed by atoms with van der Waals surface area (Å²) in [6, 6.07) is 10.9. The minimum atomic E-state index is -0.220. The van der Waals surface area contributed by atoms with Crippen LogP contribution in [-0.4, -0.2) is 51.4 Å². The van der Waals surface area contributed by atoms with E-state index in [-0.39, 0.29) is 29.5 Å². The molecular formula is C28H30ClN5O4. The molecule has 4 aromatic rings. The van der Waals surface area contributed by atoms with E-state index in [0.29, 0.717) is 34.2 Å². The van der Waals surface area contributed by atoms with Gasteiger partial charge in [0.2, 0.25) is 0 Å². The number of esters is 1. The number of anilines is 1. The van der Waals surface area contributed by atoms with E-state index in [4.69, 9.17) is 21.1 Å². The van der Waals surface area contributed by atoms with Crippen molar-refractivity contribution in [1.82, 2.24) is 19.2 Å². The minimum absolute atomic E-state index is 0.138. The first-order chi connectivity index (χ1) is 18.2. The summed E-state index contributed by atoms with van der Waals surface area (Å²) in [5.74, 6) is 0.563. The number of fused-ring (bicyclic) bond motifs is 1. The van der Waals surface area contributed by atoms with Crippen molar-refractivity contribution in [1.29, 1.82) is 0 Å². The number of aromatic nitrogens is 4. The zero-order valence-electron chi connectivity index (χ0n) is 21.8. The van der Waals surface area contributed by atoms with Gasteiger partial charge >= 0.3 is 5.97 Å². The van der Waals surface area contributed by atoms with Crippen molar-refractivity contribution >= 4 is 28.8 Å². The van der Waals surface area contributed by atoms with Crippen LogP contribution < -0.4 is 15.2 Å². The maximum atomic E-state index is 13.4. The molecule has 0 amide bonds. The maximum Gasteiger partial charge on any atom is 0.309 e. The second kappa shape index (κ2) is 10.5. The average molecular weight is 536 g/mol. The second-order valence-corrected chi connectivity index (χ2v) is 10.3. The Morgan fingerprint density at radius 3 is 2.68 bits per heavy atom. The summed E-state index contributed by atoms with van der Waals surface area (Å²) in [5.41, 5.74) is 3.18. The molecule has 9 nitrogen and oxygen atoms in total. The average Bonchev–Trinajstić information content (AvgIpc) is 3.56. The summed E-state index contributed by atoms with van der Waals surface area (Å²) >= 11 is 5.95.